The smallest absolute Gasteiger partial charge is 0.336 e. The van der Waals surface area contributed by atoms with Crippen LogP contribution in [0.1, 0.15) is 15.9 Å². The molecule has 3 rings (SSSR count). The van der Waals surface area contributed by atoms with Gasteiger partial charge in [0, 0.05) is 5.39 Å². The van der Waals surface area contributed by atoms with Gasteiger partial charge in [0.25, 0.3) is 0 Å². The molecule has 0 radical (unpaired) electrons. The molecule has 0 aliphatic rings. The number of hydrogen-bond acceptors (Lipinski definition) is 3. The molecule has 1 N–H and O–H groups in total. The van der Waals surface area contributed by atoms with E-state index in [1.165, 1.54) is 0 Å². The number of carbonyl (C=O) groups is 1. The second-order valence-electron chi connectivity index (χ2n) is 4.37. The van der Waals surface area contributed by atoms with Crippen molar-refractivity contribution in [2.24, 2.45) is 0 Å². The normalized spacial score (nSPS) is 10.8. The lowest BCUT2D eigenvalue weighted by Crippen LogP contribution is -1.99. The van der Waals surface area contributed by atoms with Gasteiger partial charge in [-0.15, -0.1) is 11.3 Å². The molecule has 0 aliphatic carbocycles. The molecule has 0 atom stereocenters. The van der Waals surface area contributed by atoms with Gasteiger partial charge < -0.3 is 5.11 Å². The van der Waals surface area contributed by atoms with E-state index in [0.29, 0.717) is 22.2 Å². The molecule has 0 saturated heterocycles. The van der Waals surface area contributed by atoms with Crippen LogP contribution in [0.25, 0.3) is 21.5 Å². The summed E-state index contributed by atoms with van der Waals surface area (Å²) in [6.07, 6.45) is 0. The lowest BCUT2D eigenvalue weighted by atomic mass is 10.1. The molecule has 94 valence electrons. The minimum Gasteiger partial charge on any atom is -0.478 e. The first-order chi connectivity index (χ1) is 9.15. The Hall–Kier alpha value is -2.20. The zero-order chi connectivity index (χ0) is 13.4. The third-order valence-corrected chi connectivity index (χ3v) is 4.00. The third-order valence-electron chi connectivity index (χ3n) is 2.93. The van der Waals surface area contributed by atoms with E-state index < -0.39 is 5.97 Å². The number of benzene rings is 1. The summed E-state index contributed by atoms with van der Waals surface area (Å²) in [5.74, 6) is -0.923. The number of rotatable bonds is 2. The molecule has 3 nitrogen and oxygen atoms in total. The highest BCUT2D eigenvalue weighted by Gasteiger charge is 2.13. The SMILES string of the molecule is Cc1csc(-c2cc(C(=O)O)c3ccccc3n2)c1. The Morgan fingerprint density at radius 3 is 2.74 bits per heavy atom. The van der Waals surface area contributed by atoms with Crippen LogP contribution in [0.15, 0.2) is 41.8 Å². The summed E-state index contributed by atoms with van der Waals surface area (Å²) in [7, 11) is 0. The minimum absolute atomic E-state index is 0.298. The lowest BCUT2D eigenvalue weighted by Gasteiger charge is -2.05. The van der Waals surface area contributed by atoms with Crippen LogP contribution in [-0.4, -0.2) is 16.1 Å². The maximum atomic E-state index is 11.4. The third kappa shape index (κ3) is 2.11. The van der Waals surface area contributed by atoms with Crippen LogP contribution >= 0.6 is 11.3 Å². The average molecular weight is 269 g/mol. The Morgan fingerprint density at radius 2 is 2.05 bits per heavy atom. The second-order valence-corrected chi connectivity index (χ2v) is 5.28. The number of fused-ring (bicyclic) bond motifs is 1. The van der Waals surface area contributed by atoms with Gasteiger partial charge in [0.15, 0.2) is 0 Å². The number of carboxylic acid groups (broad SMARTS) is 1. The summed E-state index contributed by atoms with van der Waals surface area (Å²) in [6.45, 7) is 2.01. The van der Waals surface area contributed by atoms with Crippen LogP contribution in [0.4, 0.5) is 0 Å². The quantitative estimate of drug-likeness (QED) is 0.765. The molecule has 0 bridgehead atoms. The Labute approximate surface area is 114 Å². The number of nitrogens with zero attached hydrogens (tertiary/aromatic N) is 1. The van der Waals surface area contributed by atoms with Crippen LogP contribution in [0.3, 0.4) is 0 Å². The summed E-state index contributed by atoms with van der Waals surface area (Å²) in [6, 6.07) is 11.0. The predicted octanol–water partition coefficient (Wildman–Crippen LogP) is 3.97. The fourth-order valence-corrected chi connectivity index (χ4v) is 2.90. The van der Waals surface area contributed by atoms with Gasteiger partial charge in [0.05, 0.1) is 21.7 Å². The summed E-state index contributed by atoms with van der Waals surface area (Å²) in [5.41, 5.74) is 2.89. The predicted molar refractivity (Wildman–Crippen MR) is 76.8 cm³/mol. The summed E-state index contributed by atoms with van der Waals surface area (Å²) in [4.78, 5) is 16.9. The van der Waals surface area contributed by atoms with Crippen LogP contribution in [0, 0.1) is 6.92 Å². The van der Waals surface area contributed by atoms with Crippen molar-refractivity contribution in [3.63, 3.8) is 0 Å². The maximum absolute atomic E-state index is 11.4. The number of carboxylic acids is 1. The van der Waals surface area contributed by atoms with Gasteiger partial charge in [0.2, 0.25) is 0 Å². The number of aromatic nitrogens is 1. The number of aryl methyl sites for hydroxylation is 1. The summed E-state index contributed by atoms with van der Waals surface area (Å²) < 4.78 is 0. The van der Waals surface area contributed by atoms with E-state index in [1.807, 2.05) is 36.6 Å². The van der Waals surface area contributed by atoms with Crippen molar-refractivity contribution >= 4 is 28.2 Å². The van der Waals surface area contributed by atoms with E-state index in [0.717, 1.165) is 10.4 Å². The first-order valence-electron chi connectivity index (χ1n) is 5.84. The van der Waals surface area contributed by atoms with Gasteiger partial charge in [-0.3, -0.25) is 0 Å². The van der Waals surface area contributed by atoms with E-state index in [2.05, 4.69) is 4.98 Å². The fraction of sp³-hybridized carbons (Fsp3) is 0.0667. The monoisotopic (exact) mass is 269 g/mol. The topological polar surface area (TPSA) is 50.2 Å². The molecular weight excluding hydrogens is 258 g/mol. The molecule has 1 aromatic carbocycles. The van der Waals surface area contributed by atoms with Gasteiger partial charge in [-0.1, -0.05) is 18.2 Å². The van der Waals surface area contributed by atoms with Crippen LogP contribution in [0.2, 0.25) is 0 Å². The Balaban J connectivity index is 2.30. The Morgan fingerprint density at radius 1 is 1.26 bits per heavy atom. The number of aromatic carboxylic acids is 1. The van der Waals surface area contributed by atoms with E-state index in [1.54, 1.807) is 23.5 Å². The molecule has 0 spiro atoms. The van der Waals surface area contributed by atoms with Gasteiger partial charge in [0.1, 0.15) is 0 Å². The zero-order valence-corrected chi connectivity index (χ0v) is 11.1. The van der Waals surface area contributed by atoms with Crippen molar-refractivity contribution in [1.82, 2.24) is 4.98 Å². The van der Waals surface area contributed by atoms with Gasteiger partial charge in [-0.05, 0) is 36.1 Å². The van der Waals surface area contributed by atoms with Crippen molar-refractivity contribution in [1.29, 1.82) is 0 Å². The zero-order valence-electron chi connectivity index (χ0n) is 10.3. The molecule has 3 aromatic rings. The molecule has 19 heavy (non-hydrogen) atoms. The minimum atomic E-state index is -0.923. The fourth-order valence-electron chi connectivity index (χ4n) is 2.04. The van der Waals surface area contributed by atoms with Crippen LogP contribution in [-0.2, 0) is 0 Å². The number of pyridine rings is 1. The molecule has 0 aliphatic heterocycles. The molecule has 0 unspecified atom stereocenters. The molecular formula is C15H11NO2S. The van der Waals surface area contributed by atoms with E-state index in [4.69, 9.17) is 0 Å². The first kappa shape index (κ1) is 11.9. The number of para-hydroxylation sites is 1. The highest BCUT2D eigenvalue weighted by molar-refractivity contribution is 7.13. The lowest BCUT2D eigenvalue weighted by molar-refractivity contribution is 0.0699. The molecule has 0 amide bonds. The van der Waals surface area contributed by atoms with Crippen molar-refractivity contribution in [3.8, 4) is 10.6 Å². The maximum Gasteiger partial charge on any atom is 0.336 e. The first-order valence-corrected chi connectivity index (χ1v) is 6.72. The number of hydrogen-bond donors (Lipinski definition) is 1. The van der Waals surface area contributed by atoms with Gasteiger partial charge in [-0.2, -0.15) is 0 Å². The largest absolute Gasteiger partial charge is 0.478 e. The van der Waals surface area contributed by atoms with Crippen molar-refractivity contribution in [3.05, 3.63) is 52.9 Å². The van der Waals surface area contributed by atoms with Crippen LogP contribution < -0.4 is 0 Å². The van der Waals surface area contributed by atoms with Crippen molar-refractivity contribution in [2.45, 2.75) is 6.92 Å². The number of thiophene rings is 1. The van der Waals surface area contributed by atoms with Crippen molar-refractivity contribution in [2.75, 3.05) is 0 Å². The Bertz CT molecular complexity index is 777. The Kier molecular flexibility index (Phi) is 2.80. The summed E-state index contributed by atoms with van der Waals surface area (Å²) in [5, 5.41) is 12.0. The van der Waals surface area contributed by atoms with E-state index in [-0.39, 0.29) is 0 Å². The molecule has 0 fully saturated rings. The molecule has 2 aromatic heterocycles. The highest BCUT2D eigenvalue weighted by Crippen LogP contribution is 2.29. The van der Waals surface area contributed by atoms with Crippen molar-refractivity contribution < 1.29 is 9.90 Å². The van der Waals surface area contributed by atoms with Gasteiger partial charge in [-0.25, -0.2) is 9.78 Å². The summed E-state index contributed by atoms with van der Waals surface area (Å²) >= 11 is 1.58. The molecule has 0 saturated carbocycles. The standard InChI is InChI=1S/C15H11NO2S/c1-9-6-14(19-8-9)13-7-11(15(17)18)10-4-2-3-5-12(10)16-13/h2-8H,1H3,(H,17,18). The van der Waals surface area contributed by atoms with E-state index >= 15 is 0 Å². The second kappa shape index (κ2) is 4.48. The van der Waals surface area contributed by atoms with E-state index in [9.17, 15) is 9.90 Å². The molecule has 4 heteroatoms. The average Bonchev–Trinajstić information content (AvgIpc) is 2.84. The molecule has 2 heterocycles. The van der Waals surface area contributed by atoms with Crippen LogP contribution in [0.5, 0.6) is 0 Å². The highest BCUT2D eigenvalue weighted by atomic mass is 32.1. The van der Waals surface area contributed by atoms with Gasteiger partial charge >= 0.3 is 5.97 Å².